The molecule has 1 atom stereocenters. The Morgan fingerprint density at radius 1 is 0.795 bits per heavy atom. The van der Waals surface area contributed by atoms with Crippen molar-refractivity contribution < 1.29 is 18.1 Å². The van der Waals surface area contributed by atoms with Gasteiger partial charge in [-0.05, 0) is 72.6 Å². The highest BCUT2D eigenvalue weighted by atomic mass is 32.2. The van der Waals surface area contributed by atoms with E-state index in [2.05, 4.69) is 76.9 Å². The van der Waals surface area contributed by atoms with Gasteiger partial charge in [0.05, 0.1) is 17.3 Å². The van der Waals surface area contributed by atoms with Crippen LogP contribution in [0.3, 0.4) is 0 Å². The molecule has 0 bridgehead atoms. The summed E-state index contributed by atoms with van der Waals surface area (Å²) in [6, 6.07) is 33.9. The van der Waals surface area contributed by atoms with Gasteiger partial charge in [0.25, 0.3) is 10.1 Å². The molecular weight excluding hydrogens is 568 g/mol. The van der Waals surface area contributed by atoms with Gasteiger partial charge in [0.1, 0.15) is 0 Å². The second-order valence-electron chi connectivity index (χ2n) is 11.7. The molecule has 1 heterocycles. The van der Waals surface area contributed by atoms with E-state index >= 15 is 0 Å². The number of aliphatic hydroxyl groups is 1. The highest BCUT2D eigenvalue weighted by Gasteiger charge is 2.28. The largest absolute Gasteiger partial charge is 0.393 e. The SMILES string of the molecule is CC(O)CCCCCC/N=C/N1CCC(C(c2ccccc2)c2ccccc2)CC1.O=S(=O)(O)c1ccc2ccccc2c1. The first kappa shape index (κ1) is 33.4. The van der Waals surface area contributed by atoms with Crippen molar-refractivity contribution in [3.63, 3.8) is 0 Å². The molecule has 5 rings (SSSR count). The fourth-order valence-electron chi connectivity index (χ4n) is 5.92. The molecule has 0 amide bonds. The zero-order valence-electron chi connectivity index (χ0n) is 25.7. The van der Waals surface area contributed by atoms with Crippen LogP contribution in [0.15, 0.2) is 113 Å². The van der Waals surface area contributed by atoms with Gasteiger partial charge in [0.15, 0.2) is 0 Å². The lowest BCUT2D eigenvalue weighted by Crippen LogP contribution is -2.35. The van der Waals surface area contributed by atoms with Gasteiger partial charge in [0, 0.05) is 25.6 Å². The third-order valence-electron chi connectivity index (χ3n) is 8.29. The quantitative estimate of drug-likeness (QED) is 0.0731. The Morgan fingerprint density at radius 2 is 1.36 bits per heavy atom. The van der Waals surface area contributed by atoms with Crippen LogP contribution in [0.25, 0.3) is 10.8 Å². The van der Waals surface area contributed by atoms with Crippen molar-refractivity contribution >= 4 is 27.2 Å². The lowest BCUT2D eigenvalue weighted by molar-refractivity contribution is 0.180. The molecule has 7 heteroatoms. The molecule has 0 aromatic heterocycles. The van der Waals surface area contributed by atoms with Crippen LogP contribution >= 0.6 is 0 Å². The normalized spacial score (nSPS) is 15.0. The first-order valence-corrected chi connectivity index (χ1v) is 17.2. The van der Waals surface area contributed by atoms with Gasteiger partial charge < -0.3 is 10.0 Å². The van der Waals surface area contributed by atoms with Crippen molar-refractivity contribution in [2.45, 2.75) is 68.8 Å². The molecule has 0 aliphatic carbocycles. The molecule has 1 saturated heterocycles. The maximum Gasteiger partial charge on any atom is 0.294 e. The number of piperidine rings is 1. The van der Waals surface area contributed by atoms with E-state index in [9.17, 15) is 13.5 Å². The second-order valence-corrected chi connectivity index (χ2v) is 13.2. The number of aliphatic imine (C=N–C) groups is 1. The summed E-state index contributed by atoms with van der Waals surface area (Å²) in [6.07, 6.45) is 9.95. The van der Waals surface area contributed by atoms with Crippen molar-refractivity contribution in [2.75, 3.05) is 19.6 Å². The first-order chi connectivity index (χ1) is 21.3. The summed E-state index contributed by atoms with van der Waals surface area (Å²) in [7, 11) is -4.09. The average Bonchev–Trinajstić information content (AvgIpc) is 3.04. The third-order valence-corrected chi connectivity index (χ3v) is 9.14. The summed E-state index contributed by atoms with van der Waals surface area (Å²) >= 11 is 0. The minimum Gasteiger partial charge on any atom is -0.393 e. The van der Waals surface area contributed by atoms with Crippen LogP contribution in [-0.2, 0) is 10.1 Å². The number of unbranched alkanes of at least 4 members (excludes halogenated alkanes) is 3. The van der Waals surface area contributed by atoms with E-state index in [1.165, 1.54) is 48.9 Å². The summed E-state index contributed by atoms with van der Waals surface area (Å²) in [6.45, 7) is 4.98. The molecule has 1 aliphatic heterocycles. The molecule has 0 radical (unpaired) electrons. The number of nitrogens with zero attached hydrogens (tertiary/aromatic N) is 2. The summed E-state index contributed by atoms with van der Waals surface area (Å²) in [5.41, 5.74) is 2.87. The van der Waals surface area contributed by atoms with Crippen molar-refractivity contribution in [2.24, 2.45) is 10.9 Å². The maximum absolute atomic E-state index is 10.8. The predicted molar refractivity (Wildman–Crippen MR) is 181 cm³/mol. The van der Waals surface area contributed by atoms with Gasteiger partial charge >= 0.3 is 0 Å². The van der Waals surface area contributed by atoms with Gasteiger partial charge in [0.2, 0.25) is 0 Å². The Labute approximate surface area is 263 Å². The predicted octanol–water partition coefficient (Wildman–Crippen LogP) is 7.98. The zero-order valence-corrected chi connectivity index (χ0v) is 26.5. The van der Waals surface area contributed by atoms with Crippen molar-refractivity contribution in [1.29, 1.82) is 0 Å². The zero-order chi connectivity index (χ0) is 31.2. The van der Waals surface area contributed by atoms with Crippen LogP contribution in [0.4, 0.5) is 0 Å². The standard InChI is InChI=1S/C27H38N2O.C10H8O3S/c1-23(30)12-6-2-3-11-19-28-22-29-20-17-26(18-21-29)27(24-13-7-4-8-14-24)25-15-9-5-10-16-25;11-14(12,13)10-6-5-8-3-1-2-4-9(8)7-10/h4-5,7-10,13-16,22-23,26-27,30H,2-3,6,11-12,17-21H2,1H3;1-7H,(H,11,12,13)/b28-22+;. The van der Waals surface area contributed by atoms with Gasteiger partial charge in [-0.25, -0.2) is 0 Å². The summed E-state index contributed by atoms with van der Waals surface area (Å²) < 4.78 is 30.5. The minimum absolute atomic E-state index is 0.0730. The number of benzene rings is 4. The van der Waals surface area contributed by atoms with Crippen LogP contribution in [0.2, 0.25) is 0 Å². The van der Waals surface area contributed by atoms with E-state index < -0.39 is 10.1 Å². The number of hydrogen-bond acceptors (Lipinski definition) is 4. The number of fused-ring (bicyclic) bond motifs is 1. The molecule has 0 saturated carbocycles. The molecule has 4 aromatic rings. The molecular formula is C37H46N2O4S. The smallest absolute Gasteiger partial charge is 0.294 e. The van der Waals surface area contributed by atoms with E-state index in [1.54, 1.807) is 12.1 Å². The first-order valence-electron chi connectivity index (χ1n) is 15.8. The minimum atomic E-state index is -4.09. The molecule has 44 heavy (non-hydrogen) atoms. The van der Waals surface area contributed by atoms with Crippen LogP contribution in [-0.4, -0.2) is 55.1 Å². The van der Waals surface area contributed by atoms with Gasteiger partial charge in [-0.2, -0.15) is 8.42 Å². The molecule has 4 aromatic carbocycles. The molecule has 234 valence electrons. The Bertz CT molecular complexity index is 1490. The summed E-state index contributed by atoms with van der Waals surface area (Å²) in [4.78, 5) is 6.99. The van der Waals surface area contributed by atoms with E-state index in [4.69, 9.17) is 4.55 Å². The monoisotopic (exact) mass is 614 g/mol. The topological polar surface area (TPSA) is 90.2 Å². The van der Waals surface area contributed by atoms with E-state index in [-0.39, 0.29) is 11.0 Å². The Kier molecular flexibility index (Phi) is 13.0. The number of hydrogen-bond donors (Lipinski definition) is 2. The van der Waals surface area contributed by atoms with Crippen LogP contribution in [0.5, 0.6) is 0 Å². The molecule has 1 aliphatic rings. The second kappa shape index (κ2) is 17.1. The van der Waals surface area contributed by atoms with Crippen molar-refractivity contribution in [3.8, 4) is 0 Å². The molecule has 2 N–H and O–H groups in total. The number of aliphatic hydroxyl groups excluding tert-OH is 1. The molecule has 1 fully saturated rings. The van der Waals surface area contributed by atoms with Gasteiger partial charge in [-0.15, -0.1) is 0 Å². The van der Waals surface area contributed by atoms with E-state index in [0.717, 1.165) is 49.7 Å². The van der Waals surface area contributed by atoms with Gasteiger partial charge in [-0.1, -0.05) is 110 Å². The lowest BCUT2D eigenvalue weighted by Gasteiger charge is -2.36. The Hall–Kier alpha value is -3.52. The Balaban J connectivity index is 0.000000262. The molecule has 6 nitrogen and oxygen atoms in total. The van der Waals surface area contributed by atoms with Gasteiger partial charge in [-0.3, -0.25) is 9.55 Å². The molecule has 1 unspecified atom stereocenters. The lowest BCUT2D eigenvalue weighted by atomic mass is 9.76. The summed E-state index contributed by atoms with van der Waals surface area (Å²) in [5.74, 6) is 1.15. The Morgan fingerprint density at radius 3 is 1.95 bits per heavy atom. The average molecular weight is 615 g/mol. The molecule has 0 spiro atoms. The van der Waals surface area contributed by atoms with Crippen LogP contribution in [0, 0.1) is 5.92 Å². The highest BCUT2D eigenvalue weighted by Crippen LogP contribution is 2.37. The maximum atomic E-state index is 10.8. The van der Waals surface area contributed by atoms with E-state index in [1.807, 2.05) is 25.1 Å². The fourth-order valence-corrected chi connectivity index (χ4v) is 6.44. The van der Waals surface area contributed by atoms with Crippen molar-refractivity contribution in [1.82, 2.24) is 4.90 Å². The van der Waals surface area contributed by atoms with Crippen LogP contribution < -0.4 is 0 Å². The number of rotatable bonds is 12. The van der Waals surface area contributed by atoms with Crippen molar-refractivity contribution in [3.05, 3.63) is 114 Å². The highest BCUT2D eigenvalue weighted by molar-refractivity contribution is 7.85. The fraction of sp³-hybridized carbons (Fsp3) is 0.378. The summed E-state index contributed by atoms with van der Waals surface area (Å²) in [5, 5.41) is 11.0. The third kappa shape index (κ3) is 10.6. The number of likely N-dealkylation sites (tertiary alicyclic amines) is 1. The van der Waals surface area contributed by atoms with Crippen LogP contribution in [0.1, 0.15) is 68.9 Å². The van der Waals surface area contributed by atoms with E-state index in [0.29, 0.717) is 11.8 Å².